The lowest BCUT2D eigenvalue weighted by Crippen LogP contribution is -2.10. The minimum Gasteiger partial charge on any atom is -0.321 e. The number of hydrogen-bond acceptors (Lipinski definition) is 2. The van der Waals surface area contributed by atoms with Crippen molar-refractivity contribution in [3.05, 3.63) is 42.2 Å². The summed E-state index contributed by atoms with van der Waals surface area (Å²) in [6, 6.07) is 1.67. The van der Waals surface area contributed by atoms with Gasteiger partial charge in [0.2, 0.25) is 11.9 Å². The largest absolute Gasteiger partial charge is 0.321 e. The lowest BCUT2D eigenvalue weighted by Gasteiger charge is -2.05. The van der Waals surface area contributed by atoms with Gasteiger partial charge >= 0.3 is 0 Å². The van der Waals surface area contributed by atoms with Gasteiger partial charge in [0.25, 0.3) is 0 Å². The Balaban J connectivity index is 3.09. The second kappa shape index (κ2) is 3.40. The van der Waals surface area contributed by atoms with E-state index in [0.29, 0.717) is 0 Å². The smallest absolute Gasteiger partial charge is 0.220 e. The van der Waals surface area contributed by atoms with Crippen LogP contribution in [-0.2, 0) is 0 Å². The molecule has 12 heavy (non-hydrogen) atoms. The average Bonchev–Trinajstić information content (AvgIpc) is 2.03. The van der Waals surface area contributed by atoms with Gasteiger partial charge in [-0.15, -0.1) is 6.58 Å². The number of pyridine rings is 1. The normalized spacial score (nSPS) is 12.6. The first-order chi connectivity index (χ1) is 5.65. The van der Waals surface area contributed by atoms with Gasteiger partial charge in [-0.1, -0.05) is 6.08 Å². The molecular formula is C8H8F2N2. The van der Waals surface area contributed by atoms with Crippen LogP contribution in [0.5, 0.6) is 0 Å². The molecule has 0 aliphatic heterocycles. The van der Waals surface area contributed by atoms with E-state index in [0.717, 1.165) is 6.07 Å². The molecule has 1 aromatic heterocycles. The Bertz CT molecular complexity index is 299. The van der Waals surface area contributed by atoms with Crippen LogP contribution in [0.25, 0.3) is 0 Å². The Morgan fingerprint density at radius 3 is 2.67 bits per heavy atom. The molecule has 0 bridgehead atoms. The predicted molar refractivity (Wildman–Crippen MR) is 41.3 cm³/mol. The topological polar surface area (TPSA) is 38.9 Å². The Kier molecular flexibility index (Phi) is 2.50. The number of nitrogens with zero attached hydrogens (tertiary/aromatic N) is 1. The molecule has 1 heterocycles. The first kappa shape index (κ1) is 8.80. The van der Waals surface area contributed by atoms with Gasteiger partial charge in [-0.25, -0.2) is 0 Å². The standard InChI is InChI=1S/C8H8F2N2/c1-2-6(11)5-3-4-7(9)12-8(5)10/h2-4,6H,1,11H2/t6-/m0/s1. The quantitative estimate of drug-likeness (QED) is 0.540. The minimum absolute atomic E-state index is 0.145. The maximum absolute atomic E-state index is 12.8. The van der Waals surface area contributed by atoms with E-state index in [-0.39, 0.29) is 5.56 Å². The Labute approximate surface area is 68.7 Å². The molecule has 0 radical (unpaired) electrons. The fourth-order valence-electron chi connectivity index (χ4n) is 0.799. The number of nitrogens with two attached hydrogens (primary N) is 1. The van der Waals surface area contributed by atoms with Gasteiger partial charge in [-0.2, -0.15) is 13.8 Å². The van der Waals surface area contributed by atoms with E-state index in [1.165, 1.54) is 12.1 Å². The molecule has 1 rings (SSSR count). The summed E-state index contributed by atoms with van der Waals surface area (Å²) >= 11 is 0. The first-order valence-electron chi connectivity index (χ1n) is 3.35. The molecule has 0 unspecified atom stereocenters. The number of aromatic nitrogens is 1. The number of rotatable bonds is 2. The second-order valence-electron chi connectivity index (χ2n) is 2.28. The molecule has 2 nitrogen and oxygen atoms in total. The van der Waals surface area contributed by atoms with E-state index in [2.05, 4.69) is 11.6 Å². The van der Waals surface area contributed by atoms with Gasteiger partial charge in [-0.3, -0.25) is 0 Å². The van der Waals surface area contributed by atoms with E-state index in [1.807, 2.05) is 0 Å². The molecule has 0 spiro atoms. The van der Waals surface area contributed by atoms with E-state index in [9.17, 15) is 8.78 Å². The lowest BCUT2D eigenvalue weighted by molar-refractivity contribution is 0.499. The van der Waals surface area contributed by atoms with Crippen molar-refractivity contribution in [2.75, 3.05) is 0 Å². The van der Waals surface area contributed by atoms with Crippen molar-refractivity contribution in [1.82, 2.24) is 4.98 Å². The Morgan fingerprint density at radius 2 is 2.17 bits per heavy atom. The summed E-state index contributed by atoms with van der Waals surface area (Å²) in [5.74, 6) is -1.74. The fraction of sp³-hybridized carbons (Fsp3) is 0.125. The Hall–Kier alpha value is -1.29. The molecule has 4 heteroatoms. The van der Waals surface area contributed by atoms with Crippen molar-refractivity contribution in [2.45, 2.75) is 6.04 Å². The van der Waals surface area contributed by atoms with Crippen molar-refractivity contribution in [1.29, 1.82) is 0 Å². The van der Waals surface area contributed by atoms with Crippen LogP contribution in [0, 0.1) is 11.9 Å². The second-order valence-corrected chi connectivity index (χ2v) is 2.28. The van der Waals surface area contributed by atoms with Crippen molar-refractivity contribution in [2.24, 2.45) is 5.73 Å². The van der Waals surface area contributed by atoms with Gasteiger partial charge < -0.3 is 5.73 Å². The van der Waals surface area contributed by atoms with Gasteiger partial charge in [0.05, 0.1) is 6.04 Å². The summed E-state index contributed by atoms with van der Waals surface area (Å²) in [6.45, 7) is 3.39. The molecule has 0 saturated carbocycles. The zero-order chi connectivity index (χ0) is 9.14. The van der Waals surface area contributed by atoms with Gasteiger partial charge in [0, 0.05) is 5.56 Å². The molecule has 0 fully saturated rings. The zero-order valence-corrected chi connectivity index (χ0v) is 6.30. The number of halogens is 2. The third kappa shape index (κ3) is 1.65. The van der Waals surface area contributed by atoms with Crippen molar-refractivity contribution in [3.63, 3.8) is 0 Å². The van der Waals surface area contributed by atoms with Crippen molar-refractivity contribution in [3.8, 4) is 0 Å². The maximum Gasteiger partial charge on any atom is 0.220 e. The molecule has 0 aliphatic rings. The average molecular weight is 170 g/mol. The molecule has 64 valence electrons. The molecule has 2 N–H and O–H groups in total. The monoisotopic (exact) mass is 170 g/mol. The fourth-order valence-corrected chi connectivity index (χ4v) is 0.799. The highest BCUT2D eigenvalue weighted by Crippen LogP contribution is 2.13. The van der Waals surface area contributed by atoms with E-state index < -0.39 is 17.9 Å². The molecule has 1 aromatic rings. The van der Waals surface area contributed by atoms with Crippen LogP contribution in [-0.4, -0.2) is 4.98 Å². The number of hydrogen-bond donors (Lipinski definition) is 1. The molecule has 0 aliphatic carbocycles. The van der Waals surface area contributed by atoms with Crippen molar-refractivity contribution < 1.29 is 8.78 Å². The molecule has 0 aromatic carbocycles. The van der Waals surface area contributed by atoms with Gasteiger partial charge in [-0.05, 0) is 12.1 Å². The van der Waals surface area contributed by atoms with E-state index in [4.69, 9.17) is 5.73 Å². The highest BCUT2D eigenvalue weighted by atomic mass is 19.1. The third-order valence-electron chi connectivity index (χ3n) is 1.46. The third-order valence-corrected chi connectivity index (χ3v) is 1.46. The SMILES string of the molecule is C=C[C@H](N)c1ccc(F)nc1F. The van der Waals surface area contributed by atoms with Gasteiger partial charge in [0.15, 0.2) is 0 Å². The highest BCUT2D eigenvalue weighted by molar-refractivity contribution is 5.19. The molecular weight excluding hydrogens is 162 g/mol. The summed E-state index contributed by atoms with van der Waals surface area (Å²) in [6.07, 6.45) is 1.36. The van der Waals surface area contributed by atoms with Crippen molar-refractivity contribution >= 4 is 0 Å². The van der Waals surface area contributed by atoms with Crippen LogP contribution in [0.3, 0.4) is 0 Å². The Morgan fingerprint density at radius 1 is 1.50 bits per heavy atom. The summed E-state index contributed by atoms with van der Waals surface area (Å²) in [4.78, 5) is 2.98. The molecule has 0 saturated heterocycles. The van der Waals surface area contributed by atoms with Crippen LogP contribution >= 0.6 is 0 Å². The van der Waals surface area contributed by atoms with Crippen LogP contribution in [0.1, 0.15) is 11.6 Å². The molecule has 1 atom stereocenters. The first-order valence-corrected chi connectivity index (χ1v) is 3.35. The molecule has 0 amide bonds. The van der Waals surface area contributed by atoms with Gasteiger partial charge in [0.1, 0.15) is 0 Å². The minimum atomic E-state index is -0.887. The van der Waals surface area contributed by atoms with E-state index >= 15 is 0 Å². The maximum atomic E-state index is 12.8. The zero-order valence-electron chi connectivity index (χ0n) is 6.30. The lowest BCUT2D eigenvalue weighted by atomic mass is 10.1. The van der Waals surface area contributed by atoms with Crippen LogP contribution < -0.4 is 5.73 Å². The van der Waals surface area contributed by atoms with Crippen LogP contribution in [0.2, 0.25) is 0 Å². The summed E-state index contributed by atoms with van der Waals surface area (Å²) in [5, 5.41) is 0. The van der Waals surface area contributed by atoms with E-state index in [1.54, 1.807) is 0 Å². The highest BCUT2D eigenvalue weighted by Gasteiger charge is 2.09. The summed E-state index contributed by atoms with van der Waals surface area (Å²) in [5.41, 5.74) is 5.57. The van der Waals surface area contributed by atoms with Crippen LogP contribution in [0.4, 0.5) is 8.78 Å². The summed E-state index contributed by atoms with van der Waals surface area (Å²) in [7, 11) is 0. The van der Waals surface area contributed by atoms with Crippen LogP contribution in [0.15, 0.2) is 24.8 Å². The predicted octanol–water partition coefficient (Wildman–Crippen LogP) is 1.55. The summed E-state index contributed by atoms with van der Waals surface area (Å²) < 4.78 is 25.1.